The molecule has 0 spiro atoms. The van der Waals surface area contributed by atoms with E-state index in [4.69, 9.17) is 0 Å². The van der Waals surface area contributed by atoms with Gasteiger partial charge in [0.05, 0.1) is 16.1 Å². The van der Waals surface area contributed by atoms with Gasteiger partial charge in [-0.25, -0.2) is 9.97 Å². The molecule has 0 radical (unpaired) electrons. The SMILES string of the molecule is O=C1NC(=O)/C(=C\c2ccnc(N3CCC(CNCc4cccc(-c5ccnc6ccccc56)c4)CC3)n2)S1. The summed E-state index contributed by atoms with van der Waals surface area (Å²) in [5.74, 6) is 0.866. The Morgan fingerprint density at radius 3 is 2.69 bits per heavy atom. The second kappa shape index (κ2) is 11.3. The topological polar surface area (TPSA) is 100 Å². The second-order valence-electron chi connectivity index (χ2n) is 9.77. The van der Waals surface area contributed by atoms with Gasteiger partial charge >= 0.3 is 0 Å². The molecule has 4 aromatic rings. The number of anilines is 1. The number of thioether (sulfide) groups is 1. The molecule has 0 atom stereocenters. The number of pyridine rings is 1. The van der Waals surface area contributed by atoms with Crippen molar-refractivity contribution in [1.29, 1.82) is 0 Å². The van der Waals surface area contributed by atoms with Crippen molar-refractivity contribution in [3.8, 4) is 11.1 Å². The normalized spacial score (nSPS) is 17.2. The number of carbonyl (C=O) groups excluding carboxylic acids is 2. The molecule has 2 saturated heterocycles. The Morgan fingerprint density at radius 1 is 1.00 bits per heavy atom. The number of fused-ring (bicyclic) bond motifs is 1. The molecule has 196 valence electrons. The lowest BCUT2D eigenvalue weighted by atomic mass is 9.96. The maximum Gasteiger partial charge on any atom is 0.290 e. The number of hydrogen-bond acceptors (Lipinski definition) is 8. The summed E-state index contributed by atoms with van der Waals surface area (Å²) in [6.07, 6.45) is 7.32. The lowest BCUT2D eigenvalue weighted by Gasteiger charge is -2.32. The molecule has 2 fully saturated rings. The molecule has 6 rings (SSSR count). The first-order chi connectivity index (χ1) is 19.1. The van der Waals surface area contributed by atoms with Crippen LogP contribution in [0.5, 0.6) is 0 Å². The molecule has 8 nitrogen and oxygen atoms in total. The summed E-state index contributed by atoms with van der Waals surface area (Å²) in [6.45, 7) is 3.55. The van der Waals surface area contributed by atoms with Crippen LogP contribution in [0.2, 0.25) is 0 Å². The number of nitrogens with one attached hydrogen (secondary N) is 2. The second-order valence-corrected chi connectivity index (χ2v) is 10.8. The number of imide groups is 1. The minimum absolute atomic E-state index is 0.355. The first kappa shape index (κ1) is 25.2. The summed E-state index contributed by atoms with van der Waals surface area (Å²) >= 11 is 0.894. The Labute approximate surface area is 231 Å². The van der Waals surface area contributed by atoms with Gasteiger partial charge in [-0.3, -0.25) is 19.9 Å². The van der Waals surface area contributed by atoms with E-state index in [1.807, 2.05) is 12.3 Å². The largest absolute Gasteiger partial charge is 0.341 e. The highest BCUT2D eigenvalue weighted by molar-refractivity contribution is 8.18. The third-order valence-corrected chi connectivity index (χ3v) is 7.94. The maximum absolute atomic E-state index is 11.8. The first-order valence-corrected chi connectivity index (χ1v) is 13.9. The summed E-state index contributed by atoms with van der Waals surface area (Å²) in [6, 6.07) is 20.8. The van der Waals surface area contributed by atoms with Gasteiger partial charge in [0.15, 0.2) is 0 Å². The molecule has 0 aliphatic carbocycles. The zero-order valence-electron chi connectivity index (χ0n) is 21.3. The Hall–Kier alpha value is -4.08. The number of piperidine rings is 1. The average Bonchev–Trinajstić information content (AvgIpc) is 3.29. The highest BCUT2D eigenvalue weighted by Crippen LogP contribution is 2.28. The lowest BCUT2D eigenvalue weighted by Crippen LogP contribution is -2.38. The summed E-state index contributed by atoms with van der Waals surface area (Å²) in [7, 11) is 0. The number of rotatable bonds is 7. The van der Waals surface area contributed by atoms with E-state index in [1.54, 1.807) is 18.3 Å². The van der Waals surface area contributed by atoms with Gasteiger partial charge in [-0.05, 0) is 84.1 Å². The first-order valence-electron chi connectivity index (χ1n) is 13.1. The molecule has 2 aliphatic rings. The number of benzene rings is 2. The van der Waals surface area contributed by atoms with Crippen molar-refractivity contribution in [2.45, 2.75) is 19.4 Å². The predicted molar refractivity (Wildman–Crippen MR) is 155 cm³/mol. The fraction of sp³-hybridized carbons (Fsp3) is 0.233. The van der Waals surface area contributed by atoms with E-state index in [1.165, 1.54) is 22.1 Å². The van der Waals surface area contributed by atoms with Gasteiger partial charge in [-0.15, -0.1) is 0 Å². The number of aromatic nitrogens is 3. The molecule has 2 aromatic carbocycles. The predicted octanol–water partition coefficient (Wildman–Crippen LogP) is 5.02. The van der Waals surface area contributed by atoms with E-state index in [0.29, 0.717) is 22.5 Å². The monoisotopic (exact) mass is 536 g/mol. The average molecular weight is 537 g/mol. The van der Waals surface area contributed by atoms with Crippen molar-refractivity contribution in [1.82, 2.24) is 25.6 Å². The third kappa shape index (κ3) is 5.84. The zero-order valence-corrected chi connectivity index (χ0v) is 22.2. The quantitative estimate of drug-likeness (QED) is 0.318. The molecule has 2 N–H and O–H groups in total. The van der Waals surface area contributed by atoms with Crippen molar-refractivity contribution in [2.24, 2.45) is 5.92 Å². The van der Waals surface area contributed by atoms with E-state index in [0.717, 1.165) is 56.3 Å². The molecule has 0 unspecified atom stereocenters. The van der Waals surface area contributed by atoms with Gasteiger partial charge in [0.1, 0.15) is 0 Å². The van der Waals surface area contributed by atoms with E-state index in [-0.39, 0.29) is 11.1 Å². The molecular weight excluding hydrogens is 508 g/mol. The van der Waals surface area contributed by atoms with Gasteiger partial charge in [-0.2, -0.15) is 0 Å². The summed E-state index contributed by atoms with van der Waals surface area (Å²) in [5.41, 5.74) is 5.31. The van der Waals surface area contributed by atoms with Crippen LogP contribution in [0.4, 0.5) is 10.7 Å². The highest BCUT2D eigenvalue weighted by atomic mass is 32.2. The molecule has 2 aromatic heterocycles. The molecule has 39 heavy (non-hydrogen) atoms. The molecule has 2 aliphatic heterocycles. The van der Waals surface area contributed by atoms with E-state index in [9.17, 15) is 9.59 Å². The fourth-order valence-corrected chi connectivity index (χ4v) is 5.77. The van der Waals surface area contributed by atoms with Crippen LogP contribution >= 0.6 is 11.8 Å². The summed E-state index contributed by atoms with van der Waals surface area (Å²) in [5, 5.41) is 6.74. The summed E-state index contributed by atoms with van der Waals surface area (Å²) in [4.78, 5) is 39.3. The van der Waals surface area contributed by atoms with Gasteiger partial charge in [-0.1, -0.05) is 36.4 Å². The van der Waals surface area contributed by atoms with Gasteiger partial charge in [0, 0.05) is 37.4 Å². The van der Waals surface area contributed by atoms with Crippen molar-refractivity contribution in [3.05, 3.63) is 89.2 Å². The number of hydrogen-bond donors (Lipinski definition) is 2. The van der Waals surface area contributed by atoms with E-state index >= 15 is 0 Å². The van der Waals surface area contributed by atoms with Gasteiger partial charge < -0.3 is 10.2 Å². The smallest absolute Gasteiger partial charge is 0.290 e. The van der Waals surface area contributed by atoms with Crippen molar-refractivity contribution < 1.29 is 9.59 Å². The summed E-state index contributed by atoms with van der Waals surface area (Å²) < 4.78 is 0. The number of nitrogens with zero attached hydrogens (tertiary/aromatic N) is 4. The minimum atomic E-state index is -0.379. The zero-order chi connectivity index (χ0) is 26.6. The van der Waals surface area contributed by atoms with Crippen LogP contribution in [0, 0.1) is 5.92 Å². The standard InChI is InChI=1S/C30H28N6O2S/c37-28-27(39-30(38)35-28)17-23-8-12-33-29(34-23)36-14-10-20(11-15-36)18-31-19-21-4-3-5-22(16-21)24-9-13-32-26-7-2-1-6-25(24)26/h1-9,12-13,16-17,20,31H,10-11,14-15,18-19H2,(H,35,37,38)/b27-17+. The van der Waals surface area contributed by atoms with Gasteiger partial charge in [0.2, 0.25) is 5.95 Å². The Morgan fingerprint density at radius 2 is 1.85 bits per heavy atom. The van der Waals surface area contributed by atoms with Crippen LogP contribution in [0.25, 0.3) is 28.1 Å². The molecule has 9 heteroatoms. The number of para-hydroxylation sites is 1. The fourth-order valence-electron chi connectivity index (χ4n) is 5.10. The Bertz CT molecular complexity index is 1560. The third-order valence-electron chi connectivity index (χ3n) is 7.13. The molecule has 0 bridgehead atoms. The minimum Gasteiger partial charge on any atom is -0.341 e. The Balaban J connectivity index is 1.02. The Kier molecular flexibility index (Phi) is 7.33. The molecule has 0 saturated carbocycles. The van der Waals surface area contributed by atoms with Crippen molar-refractivity contribution in [2.75, 3.05) is 24.5 Å². The van der Waals surface area contributed by atoms with Crippen LogP contribution in [-0.2, 0) is 11.3 Å². The van der Waals surface area contributed by atoms with E-state index < -0.39 is 0 Å². The van der Waals surface area contributed by atoms with Crippen LogP contribution < -0.4 is 15.5 Å². The molecular formula is C30H28N6O2S. The maximum atomic E-state index is 11.8. The van der Waals surface area contributed by atoms with Crippen LogP contribution in [0.1, 0.15) is 24.1 Å². The van der Waals surface area contributed by atoms with Crippen molar-refractivity contribution >= 4 is 45.8 Å². The highest BCUT2D eigenvalue weighted by Gasteiger charge is 2.25. The van der Waals surface area contributed by atoms with Crippen LogP contribution in [-0.4, -0.2) is 45.7 Å². The molecule has 2 amide bonds. The number of carbonyl (C=O) groups is 2. The van der Waals surface area contributed by atoms with Crippen molar-refractivity contribution in [3.63, 3.8) is 0 Å². The van der Waals surface area contributed by atoms with Gasteiger partial charge in [0.25, 0.3) is 11.1 Å². The van der Waals surface area contributed by atoms with E-state index in [2.05, 4.69) is 79.0 Å². The van der Waals surface area contributed by atoms with Crippen LogP contribution in [0.15, 0.2) is 78.0 Å². The molecule has 4 heterocycles. The lowest BCUT2D eigenvalue weighted by molar-refractivity contribution is -0.115. The number of amides is 2. The van der Waals surface area contributed by atoms with Crippen LogP contribution in [0.3, 0.4) is 0 Å².